The molecule has 8 heteroatoms. The molecule has 7 nitrogen and oxygen atoms in total. The molecule has 0 radical (unpaired) electrons. The molecule has 1 aromatic carbocycles. The number of nitrogens with one attached hydrogen (secondary N) is 1. The summed E-state index contributed by atoms with van der Waals surface area (Å²) < 4.78 is 13.2. The molecular weight excluding hydrogens is 327 g/mol. The lowest BCUT2D eigenvalue weighted by molar-refractivity contribution is -0.136. The molecule has 2 aliphatic heterocycles. The Morgan fingerprint density at radius 3 is 2.48 bits per heavy atom. The fraction of sp³-hybridized carbons (Fsp3) is 0.412. The molecule has 132 valence electrons. The Morgan fingerprint density at radius 2 is 1.84 bits per heavy atom. The number of carbonyl (C=O) groups is 3. The van der Waals surface area contributed by atoms with Crippen LogP contribution in [-0.2, 0) is 20.8 Å². The molecule has 25 heavy (non-hydrogen) atoms. The molecule has 1 saturated heterocycles. The molecule has 1 fully saturated rings. The summed E-state index contributed by atoms with van der Waals surface area (Å²) in [5.74, 6) is -0.831. The number of nitrogens with zero attached hydrogens (tertiary/aromatic N) is 3. The molecule has 2 heterocycles. The van der Waals surface area contributed by atoms with Gasteiger partial charge in [-0.05, 0) is 17.7 Å². The van der Waals surface area contributed by atoms with Crippen LogP contribution in [0.1, 0.15) is 18.4 Å². The highest BCUT2D eigenvalue weighted by Crippen LogP contribution is 2.10. The zero-order valence-corrected chi connectivity index (χ0v) is 13.7. The normalized spacial score (nSPS) is 17.8. The number of rotatable bonds is 3. The molecule has 0 unspecified atom stereocenters. The zero-order chi connectivity index (χ0) is 17.8. The Labute approximate surface area is 144 Å². The van der Waals surface area contributed by atoms with Crippen LogP contribution in [0.3, 0.4) is 0 Å². The third kappa shape index (κ3) is 4.20. The lowest BCUT2D eigenvalue weighted by Gasteiger charge is -2.35. The van der Waals surface area contributed by atoms with Crippen molar-refractivity contribution in [3.8, 4) is 0 Å². The van der Waals surface area contributed by atoms with E-state index in [2.05, 4.69) is 10.5 Å². The zero-order valence-electron chi connectivity index (χ0n) is 13.7. The quantitative estimate of drug-likeness (QED) is 0.855. The highest BCUT2D eigenvalue weighted by Gasteiger charge is 2.28. The summed E-state index contributed by atoms with van der Waals surface area (Å²) in [6.45, 7) is 1.69. The van der Waals surface area contributed by atoms with E-state index in [0.29, 0.717) is 43.9 Å². The van der Waals surface area contributed by atoms with Crippen molar-refractivity contribution in [2.24, 2.45) is 5.10 Å². The Kier molecular flexibility index (Phi) is 5.06. The number of hydrazone groups is 1. The first-order valence-electron chi connectivity index (χ1n) is 8.20. The molecule has 1 aromatic rings. The molecule has 0 aromatic heterocycles. The van der Waals surface area contributed by atoms with E-state index < -0.39 is 0 Å². The number of hydrogen-bond acceptors (Lipinski definition) is 4. The molecule has 3 rings (SSSR count). The summed E-state index contributed by atoms with van der Waals surface area (Å²) in [5.41, 5.74) is 3.30. The SMILES string of the molecule is O=C1CCC(C(=O)N2CCN(C(=O)Cc3cccc(F)c3)CC2)=NN1. The van der Waals surface area contributed by atoms with Crippen LogP contribution in [0.2, 0.25) is 0 Å². The van der Waals surface area contributed by atoms with Crippen molar-refractivity contribution in [2.45, 2.75) is 19.3 Å². The van der Waals surface area contributed by atoms with Crippen molar-refractivity contribution in [3.63, 3.8) is 0 Å². The fourth-order valence-electron chi connectivity index (χ4n) is 2.90. The van der Waals surface area contributed by atoms with Crippen LogP contribution < -0.4 is 5.43 Å². The first kappa shape index (κ1) is 17.1. The van der Waals surface area contributed by atoms with Gasteiger partial charge in [-0.25, -0.2) is 9.82 Å². The van der Waals surface area contributed by atoms with Crippen LogP contribution in [-0.4, -0.2) is 59.4 Å². The van der Waals surface area contributed by atoms with Crippen LogP contribution >= 0.6 is 0 Å². The van der Waals surface area contributed by atoms with E-state index in [9.17, 15) is 18.8 Å². The lowest BCUT2D eigenvalue weighted by Crippen LogP contribution is -2.53. The van der Waals surface area contributed by atoms with Crippen LogP contribution in [0.4, 0.5) is 4.39 Å². The molecule has 0 aliphatic carbocycles. The standard InChI is InChI=1S/C17H19FN4O3/c18-13-3-1-2-12(10-13)11-16(24)21-6-8-22(9-7-21)17(25)14-4-5-15(23)20-19-14/h1-3,10H,4-9,11H2,(H,20,23). The number of benzene rings is 1. The van der Waals surface area contributed by atoms with Crippen LogP contribution in [0.5, 0.6) is 0 Å². The van der Waals surface area contributed by atoms with Crippen molar-refractivity contribution in [1.82, 2.24) is 15.2 Å². The van der Waals surface area contributed by atoms with Gasteiger partial charge in [0.05, 0.1) is 6.42 Å². The third-order valence-electron chi connectivity index (χ3n) is 4.32. The highest BCUT2D eigenvalue weighted by atomic mass is 19.1. The van der Waals surface area contributed by atoms with E-state index in [-0.39, 0.29) is 36.4 Å². The summed E-state index contributed by atoms with van der Waals surface area (Å²) in [4.78, 5) is 39.1. The molecule has 0 bridgehead atoms. The minimum atomic E-state index is -0.360. The lowest BCUT2D eigenvalue weighted by atomic mass is 10.1. The van der Waals surface area contributed by atoms with Crippen molar-refractivity contribution in [3.05, 3.63) is 35.6 Å². The average Bonchev–Trinajstić information content (AvgIpc) is 2.62. The minimum absolute atomic E-state index is 0.0834. The summed E-state index contributed by atoms with van der Waals surface area (Å²) in [6, 6.07) is 6.00. The Balaban J connectivity index is 1.52. The predicted octanol–water partition coefficient (Wildman–Crippen LogP) is 0.305. The molecule has 2 aliphatic rings. The van der Waals surface area contributed by atoms with Gasteiger partial charge in [-0.3, -0.25) is 14.4 Å². The summed E-state index contributed by atoms with van der Waals surface area (Å²) >= 11 is 0. The first-order chi connectivity index (χ1) is 12.0. The molecule has 0 spiro atoms. The molecule has 3 amide bonds. The van der Waals surface area contributed by atoms with E-state index in [1.54, 1.807) is 21.9 Å². The second kappa shape index (κ2) is 7.42. The van der Waals surface area contributed by atoms with Gasteiger partial charge in [0.15, 0.2) is 0 Å². The van der Waals surface area contributed by atoms with Gasteiger partial charge in [-0.15, -0.1) is 0 Å². The number of amides is 3. The molecule has 0 saturated carbocycles. The molecule has 1 N–H and O–H groups in total. The van der Waals surface area contributed by atoms with Crippen LogP contribution in [0.25, 0.3) is 0 Å². The Morgan fingerprint density at radius 1 is 1.12 bits per heavy atom. The highest BCUT2D eigenvalue weighted by molar-refractivity contribution is 6.39. The van der Waals surface area contributed by atoms with Crippen molar-refractivity contribution in [2.75, 3.05) is 26.2 Å². The van der Waals surface area contributed by atoms with E-state index in [1.165, 1.54) is 12.1 Å². The maximum absolute atomic E-state index is 13.2. The largest absolute Gasteiger partial charge is 0.339 e. The predicted molar refractivity (Wildman–Crippen MR) is 88.1 cm³/mol. The van der Waals surface area contributed by atoms with Gasteiger partial charge in [0.1, 0.15) is 11.5 Å². The monoisotopic (exact) mass is 346 g/mol. The number of carbonyl (C=O) groups excluding carboxylic acids is 3. The average molecular weight is 346 g/mol. The van der Waals surface area contributed by atoms with Gasteiger partial charge in [0.2, 0.25) is 11.8 Å². The van der Waals surface area contributed by atoms with Gasteiger partial charge >= 0.3 is 0 Å². The van der Waals surface area contributed by atoms with Crippen molar-refractivity contribution < 1.29 is 18.8 Å². The van der Waals surface area contributed by atoms with E-state index >= 15 is 0 Å². The Bertz CT molecular complexity index is 726. The maximum atomic E-state index is 13.2. The summed E-state index contributed by atoms with van der Waals surface area (Å²) in [6.07, 6.45) is 0.741. The second-order valence-electron chi connectivity index (χ2n) is 6.07. The fourth-order valence-corrected chi connectivity index (χ4v) is 2.90. The van der Waals surface area contributed by atoms with Crippen molar-refractivity contribution in [1.29, 1.82) is 0 Å². The number of halogens is 1. The van der Waals surface area contributed by atoms with Gasteiger partial charge in [-0.1, -0.05) is 12.1 Å². The Hall–Kier alpha value is -2.77. The second-order valence-corrected chi connectivity index (χ2v) is 6.07. The van der Waals surface area contributed by atoms with E-state index in [4.69, 9.17) is 0 Å². The van der Waals surface area contributed by atoms with Gasteiger partial charge < -0.3 is 9.80 Å². The van der Waals surface area contributed by atoms with E-state index in [0.717, 1.165) is 0 Å². The molecule has 0 atom stereocenters. The van der Waals surface area contributed by atoms with Gasteiger partial charge in [-0.2, -0.15) is 5.10 Å². The van der Waals surface area contributed by atoms with Gasteiger partial charge in [0, 0.05) is 39.0 Å². The van der Waals surface area contributed by atoms with Crippen LogP contribution in [0, 0.1) is 5.82 Å². The number of hydrogen-bond donors (Lipinski definition) is 1. The maximum Gasteiger partial charge on any atom is 0.270 e. The van der Waals surface area contributed by atoms with E-state index in [1.807, 2.05) is 0 Å². The minimum Gasteiger partial charge on any atom is -0.339 e. The first-order valence-corrected chi connectivity index (χ1v) is 8.20. The molecular formula is C17H19FN4O3. The van der Waals surface area contributed by atoms with Crippen LogP contribution in [0.15, 0.2) is 29.4 Å². The topological polar surface area (TPSA) is 82.1 Å². The smallest absolute Gasteiger partial charge is 0.270 e. The number of piperazine rings is 1. The summed E-state index contributed by atoms with van der Waals surface area (Å²) in [5, 5.41) is 3.81. The van der Waals surface area contributed by atoms with Crippen molar-refractivity contribution >= 4 is 23.4 Å². The summed E-state index contributed by atoms with van der Waals surface area (Å²) in [7, 11) is 0. The third-order valence-corrected chi connectivity index (χ3v) is 4.32. The van der Waals surface area contributed by atoms with Gasteiger partial charge in [0.25, 0.3) is 5.91 Å².